The van der Waals surface area contributed by atoms with Gasteiger partial charge in [-0.25, -0.2) is 4.79 Å². The molecule has 1 aliphatic rings. The number of hydrogen-bond acceptors (Lipinski definition) is 4. The topological polar surface area (TPSA) is 61.9 Å². The highest BCUT2D eigenvalue weighted by Gasteiger charge is 2.28. The van der Waals surface area contributed by atoms with Crippen molar-refractivity contribution in [2.24, 2.45) is 5.92 Å². The van der Waals surface area contributed by atoms with Crippen molar-refractivity contribution >= 4 is 12.0 Å². The summed E-state index contributed by atoms with van der Waals surface area (Å²) in [4.78, 5) is 28.5. The molecule has 1 saturated heterocycles. The molecule has 0 bridgehead atoms. The van der Waals surface area contributed by atoms with Crippen LogP contribution in [-0.2, 0) is 9.53 Å². The summed E-state index contributed by atoms with van der Waals surface area (Å²) in [5.74, 6) is 0.604. The van der Waals surface area contributed by atoms with Gasteiger partial charge in [-0.3, -0.25) is 4.79 Å². The third-order valence-corrected chi connectivity index (χ3v) is 4.46. The van der Waals surface area contributed by atoms with Gasteiger partial charge in [-0.15, -0.1) is 0 Å². The Hall–Kier alpha value is -1.30. The lowest BCUT2D eigenvalue weighted by molar-refractivity contribution is -0.134. The van der Waals surface area contributed by atoms with Crippen molar-refractivity contribution in [2.45, 2.75) is 72.1 Å². The quantitative estimate of drug-likeness (QED) is 0.834. The van der Waals surface area contributed by atoms with E-state index in [1.165, 1.54) is 0 Å². The first kappa shape index (κ1) is 20.7. The van der Waals surface area contributed by atoms with Crippen molar-refractivity contribution in [3.05, 3.63) is 0 Å². The number of carbonyl (C=O) groups excluding carboxylic acids is 2. The van der Waals surface area contributed by atoms with E-state index in [0.29, 0.717) is 12.0 Å². The smallest absolute Gasteiger partial charge is 0.408 e. The van der Waals surface area contributed by atoms with Gasteiger partial charge >= 0.3 is 6.09 Å². The van der Waals surface area contributed by atoms with Gasteiger partial charge in [0, 0.05) is 25.7 Å². The number of piperidine rings is 1. The first-order valence-electron chi connectivity index (χ1n) is 8.98. The Labute approximate surface area is 146 Å². The second-order valence-electron chi connectivity index (χ2n) is 8.17. The number of alkyl carbamates (subject to hydrolysis) is 1. The van der Waals surface area contributed by atoms with Crippen LogP contribution in [0.3, 0.4) is 0 Å². The van der Waals surface area contributed by atoms with Gasteiger partial charge in [-0.1, -0.05) is 0 Å². The summed E-state index contributed by atoms with van der Waals surface area (Å²) >= 11 is 0. The van der Waals surface area contributed by atoms with Gasteiger partial charge in [0.1, 0.15) is 11.6 Å². The molecule has 1 fully saturated rings. The Bertz CT molecular complexity index is 424. The zero-order valence-electron chi connectivity index (χ0n) is 16.4. The molecule has 1 rings (SSSR count). The van der Waals surface area contributed by atoms with Crippen LogP contribution in [0.25, 0.3) is 0 Å². The Balaban J connectivity index is 2.40. The van der Waals surface area contributed by atoms with Crippen LogP contribution in [0.15, 0.2) is 0 Å². The molecule has 24 heavy (non-hydrogen) atoms. The monoisotopic (exact) mass is 341 g/mol. The zero-order valence-corrected chi connectivity index (χ0v) is 16.4. The van der Waals surface area contributed by atoms with Gasteiger partial charge in [0.2, 0.25) is 5.91 Å². The summed E-state index contributed by atoms with van der Waals surface area (Å²) in [6.45, 7) is 14.1. The van der Waals surface area contributed by atoms with Crippen LogP contribution < -0.4 is 5.32 Å². The molecule has 1 heterocycles. The number of nitrogens with zero attached hydrogens (tertiary/aromatic N) is 2. The third kappa shape index (κ3) is 7.07. The largest absolute Gasteiger partial charge is 0.444 e. The standard InChI is InChI=1S/C18H35N3O3/c1-13(2)20(7)12-15-8-10-21(11-9-15)16(22)14(3)19-17(23)24-18(4,5)6/h13-15H,8-12H2,1-7H3,(H,19,23)/t14-/m1/s1. The molecule has 1 atom stereocenters. The number of likely N-dealkylation sites (tertiary alicyclic amines) is 1. The summed E-state index contributed by atoms with van der Waals surface area (Å²) in [6.07, 6.45) is 1.49. The molecule has 0 spiro atoms. The second-order valence-corrected chi connectivity index (χ2v) is 8.17. The average Bonchev–Trinajstić information content (AvgIpc) is 2.44. The van der Waals surface area contributed by atoms with Crippen LogP contribution in [-0.4, -0.2) is 66.2 Å². The van der Waals surface area contributed by atoms with Crippen LogP contribution in [0.5, 0.6) is 0 Å². The SMILES string of the molecule is CC(C)N(C)CC1CCN(C(=O)[C@@H](C)NC(=O)OC(C)(C)C)CC1. The Morgan fingerprint density at radius 1 is 1.21 bits per heavy atom. The predicted molar refractivity (Wildman–Crippen MR) is 95.9 cm³/mol. The second kappa shape index (κ2) is 8.70. The number of ether oxygens (including phenoxy) is 1. The van der Waals surface area contributed by atoms with Crippen LogP contribution >= 0.6 is 0 Å². The van der Waals surface area contributed by atoms with E-state index in [1.54, 1.807) is 27.7 Å². The fourth-order valence-electron chi connectivity index (χ4n) is 2.77. The van der Waals surface area contributed by atoms with Crippen molar-refractivity contribution in [3.8, 4) is 0 Å². The number of nitrogens with one attached hydrogen (secondary N) is 1. The van der Waals surface area contributed by atoms with Crippen molar-refractivity contribution < 1.29 is 14.3 Å². The Morgan fingerprint density at radius 2 is 1.75 bits per heavy atom. The van der Waals surface area contributed by atoms with Crippen LogP contribution in [0.2, 0.25) is 0 Å². The number of hydrogen-bond donors (Lipinski definition) is 1. The lowest BCUT2D eigenvalue weighted by Crippen LogP contribution is -2.50. The number of rotatable bonds is 5. The van der Waals surface area contributed by atoms with E-state index in [2.05, 4.69) is 31.1 Å². The highest BCUT2D eigenvalue weighted by atomic mass is 16.6. The maximum absolute atomic E-state index is 12.5. The molecule has 2 amide bonds. The molecule has 0 radical (unpaired) electrons. The molecule has 0 aliphatic carbocycles. The zero-order chi connectivity index (χ0) is 18.5. The Morgan fingerprint density at radius 3 is 2.21 bits per heavy atom. The molecule has 0 saturated carbocycles. The number of amides is 2. The summed E-state index contributed by atoms with van der Waals surface area (Å²) in [5.41, 5.74) is -0.562. The van der Waals surface area contributed by atoms with Crippen molar-refractivity contribution in [1.29, 1.82) is 0 Å². The van der Waals surface area contributed by atoms with Gasteiger partial charge < -0.3 is 19.9 Å². The summed E-state index contributed by atoms with van der Waals surface area (Å²) in [5, 5.41) is 2.63. The molecule has 0 aromatic heterocycles. The summed E-state index contributed by atoms with van der Waals surface area (Å²) in [6, 6.07) is -0.0162. The van der Waals surface area contributed by atoms with Gasteiger partial charge in [-0.05, 0) is 67.3 Å². The van der Waals surface area contributed by atoms with E-state index < -0.39 is 17.7 Å². The maximum atomic E-state index is 12.5. The molecule has 0 aromatic rings. The molecule has 6 nitrogen and oxygen atoms in total. The van der Waals surface area contributed by atoms with Gasteiger partial charge in [0.25, 0.3) is 0 Å². The molecule has 140 valence electrons. The molecular formula is C18H35N3O3. The van der Waals surface area contributed by atoms with E-state index in [-0.39, 0.29) is 5.91 Å². The van der Waals surface area contributed by atoms with Crippen molar-refractivity contribution in [3.63, 3.8) is 0 Å². The molecule has 6 heteroatoms. The van der Waals surface area contributed by atoms with E-state index in [4.69, 9.17) is 4.74 Å². The lowest BCUT2D eigenvalue weighted by Gasteiger charge is -2.36. The maximum Gasteiger partial charge on any atom is 0.408 e. The van der Waals surface area contributed by atoms with Crippen molar-refractivity contribution in [2.75, 3.05) is 26.7 Å². The lowest BCUT2D eigenvalue weighted by atomic mass is 9.95. The van der Waals surface area contributed by atoms with E-state index in [1.807, 2.05) is 4.90 Å². The fourth-order valence-corrected chi connectivity index (χ4v) is 2.77. The highest BCUT2D eigenvalue weighted by molar-refractivity contribution is 5.85. The third-order valence-electron chi connectivity index (χ3n) is 4.46. The molecule has 0 unspecified atom stereocenters. The van der Waals surface area contributed by atoms with E-state index in [9.17, 15) is 9.59 Å². The molecule has 0 aromatic carbocycles. The molecule has 1 aliphatic heterocycles. The summed E-state index contributed by atoms with van der Waals surface area (Å²) < 4.78 is 5.20. The first-order valence-corrected chi connectivity index (χ1v) is 8.98. The molecule has 1 N–H and O–H groups in total. The van der Waals surface area contributed by atoms with Crippen LogP contribution in [0, 0.1) is 5.92 Å². The van der Waals surface area contributed by atoms with Crippen LogP contribution in [0.4, 0.5) is 4.79 Å². The Kier molecular flexibility index (Phi) is 7.52. The predicted octanol–water partition coefficient (Wildman–Crippen LogP) is 2.48. The van der Waals surface area contributed by atoms with E-state index >= 15 is 0 Å². The van der Waals surface area contributed by atoms with Crippen LogP contribution in [0.1, 0.15) is 54.4 Å². The van der Waals surface area contributed by atoms with E-state index in [0.717, 1.165) is 32.5 Å². The molecular weight excluding hydrogens is 306 g/mol. The summed E-state index contributed by atoms with van der Waals surface area (Å²) in [7, 11) is 2.15. The minimum absolute atomic E-state index is 0.0310. The number of carbonyl (C=O) groups is 2. The van der Waals surface area contributed by atoms with Crippen molar-refractivity contribution in [1.82, 2.24) is 15.1 Å². The fraction of sp³-hybridized carbons (Fsp3) is 0.889. The first-order chi connectivity index (χ1) is 11.0. The van der Waals surface area contributed by atoms with Gasteiger partial charge in [0.05, 0.1) is 0 Å². The minimum atomic E-state index is -0.562. The minimum Gasteiger partial charge on any atom is -0.444 e. The van der Waals surface area contributed by atoms with Gasteiger partial charge in [-0.2, -0.15) is 0 Å². The highest BCUT2D eigenvalue weighted by Crippen LogP contribution is 2.19. The average molecular weight is 341 g/mol. The van der Waals surface area contributed by atoms with Gasteiger partial charge in [0.15, 0.2) is 0 Å². The normalized spacial score (nSPS) is 18.0.